The fourth-order valence-electron chi connectivity index (χ4n) is 11.6. The van der Waals surface area contributed by atoms with Crippen molar-refractivity contribution in [2.24, 2.45) is 0 Å². The Morgan fingerprint density at radius 2 is 0.709 bits per heavy atom. The predicted molar refractivity (Wildman–Crippen MR) is 222 cm³/mol. The average Bonchev–Trinajstić information content (AvgIpc) is 3.17. The van der Waals surface area contributed by atoms with Crippen molar-refractivity contribution in [3.05, 3.63) is 113 Å². The van der Waals surface area contributed by atoms with Crippen molar-refractivity contribution >= 4 is 103 Å². The summed E-state index contributed by atoms with van der Waals surface area (Å²) in [6.45, 7) is 8.52. The summed E-state index contributed by atoms with van der Waals surface area (Å²) in [4.78, 5) is 5.11. The average molecular weight is 704 g/mol. The minimum atomic E-state index is -0.0522. The van der Waals surface area contributed by atoms with Crippen molar-refractivity contribution in [3.8, 4) is 46.0 Å². The highest BCUT2D eigenvalue weighted by atomic mass is 16.5. The fraction of sp³-hybridized carbons (Fsp3) is 0.0870. The van der Waals surface area contributed by atoms with E-state index in [9.17, 15) is 0 Å². The van der Waals surface area contributed by atoms with Gasteiger partial charge in [-0.3, -0.25) is 0 Å². The first kappa shape index (κ1) is 28.0. The van der Waals surface area contributed by atoms with Gasteiger partial charge in [0, 0.05) is 22.3 Å². The number of hydrogen-bond acceptors (Lipinski definition) is 6. The van der Waals surface area contributed by atoms with Crippen LogP contribution in [0.25, 0.3) is 0 Å². The maximum Gasteiger partial charge on any atom is 0.256 e. The van der Waals surface area contributed by atoms with E-state index in [0.29, 0.717) is 0 Å². The van der Waals surface area contributed by atoms with E-state index in [-0.39, 0.29) is 20.1 Å². The number of benzene rings is 7. The van der Waals surface area contributed by atoms with E-state index in [4.69, 9.17) is 18.9 Å². The van der Waals surface area contributed by atoms with Gasteiger partial charge < -0.3 is 28.7 Å². The number of hydrogen-bond donors (Lipinski definition) is 0. The Morgan fingerprint density at radius 3 is 1.20 bits per heavy atom. The summed E-state index contributed by atoms with van der Waals surface area (Å²) in [5.41, 5.74) is 22.9. The van der Waals surface area contributed by atoms with Crippen LogP contribution in [0, 0.1) is 27.7 Å². The second-order valence-electron chi connectivity index (χ2n) is 16.7. The molecule has 8 aliphatic rings. The molecule has 0 aliphatic carbocycles. The third-order valence-corrected chi connectivity index (χ3v) is 13.4. The molecule has 6 nitrogen and oxygen atoms in total. The molecule has 0 bridgehead atoms. The molecule has 0 unspecified atom stereocenters. The van der Waals surface area contributed by atoms with Crippen LogP contribution in [0.2, 0.25) is 0 Å². The molecular weight excluding hydrogens is 677 g/mol. The highest BCUT2D eigenvalue weighted by Gasteiger charge is 2.57. The highest BCUT2D eigenvalue weighted by molar-refractivity contribution is 7.07. The second-order valence-corrected chi connectivity index (χ2v) is 16.7. The molecule has 0 spiro atoms. The van der Waals surface area contributed by atoms with E-state index in [1.807, 2.05) is 0 Å². The largest absolute Gasteiger partial charge is 0.458 e. The minimum Gasteiger partial charge on any atom is -0.458 e. The van der Waals surface area contributed by atoms with E-state index >= 15 is 0 Å². The SMILES string of the molecule is Cc1ccc2c(c1)Oc1ccc3c4c1B2c1cc2c5c6c1N4c1c(cc(C)cc1B6c1cc(C)cc4c1N5c1c(ccc5c1B2c1ccc(C)cc1O5)O4)O3. The Morgan fingerprint density at radius 1 is 0.309 bits per heavy atom. The summed E-state index contributed by atoms with van der Waals surface area (Å²) >= 11 is 0. The molecule has 0 fully saturated rings. The molecule has 0 N–H and O–H groups in total. The lowest BCUT2D eigenvalue weighted by Gasteiger charge is -2.54. The van der Waals surface area contributed by atoms with Crippen LogP contribution in [-0.4, -0.2) is 20.1 Å². The monoisotopic (exact) mass is 704 g/mol. The molecule has 0 saturated heterocycles. The Labute approximate surface area is 318 Å². The third-order valence-electron chi connectivity index (χ3n) is 13.4. The zero-order valence-corrected chi connectivity index (χ0v) is 30.4. The number of nitrogens with zero attached hydrogens (tertiary/aromatic N) is 2. The quantitative estimate of drug-likeness (QED) is 0.205. The summed E-state index contributed by atoms with van der Waals surface area (Å²) in [5, 5.41) is 0. The zero-order chi connectivity index (χ0) is 35.9. The summed E-state index contributed by atoms with van der Waals surface area (Å²) in [5.74, 6) is 7.17. The van der Waals surface area contributed by atoms with Gasteiger partial charge in [-0.15, -0.1) is 0 Å². The van der Waals surface area contributed by atoms with Crippen LogP contribution in [0.5, 0.6) is 46.0 Å². The van der Waals surface area contributed by atoms with E-state index < -0.39 is 0 Å². The van der Waals surface area contributed by atoms with Gasteiger partial charge in [-0.2, -0.15) is 0 Å². The van der Waals surface area contributed by atoms with E-state index in [1.54, 1.807) is 0 Å². The predicted octanol–water partition coefficient (Wildman–Crippen LogP) is 5.08. The summed E-state index contributed by atoms with van der Waals surface area (Å²) in [7, 11) is 0. The summed E-state index contributed by atoms with van der Waals surface area (Å²) < 4.78 is 27.6. The second kappa shape index (κ2) is 8.74. The standard InChI is InChI=1S/C46H27B3N2O4/c1-20-5-7-24-34(15-20)52-30-9-11-32-45-38(30)47(24)28-19-29-44-40-43(28)50(45)41-26(13-22(3)17-36(41)54-32)49(40)27-14-23(4)18-37-42(27)51(44)46-33(55-37)12-10-31-39(46)48(29)25-8-6-21(2)16-35(25)53-31/h5-19H,1-4H3. The molecule has 15 rings (SSSR count). The van der Waals surface area contributed by atoms with Crippen molar-refractivity contribution in [1.29, 1.82) is 0 Å². The highest BCUT2D eigenvalue weighted by Crippen LogP contribution is 2.58. The van der Waals surface area contributed by atoms with Crippen molar-refractivity contribution in [2.75, 3.05) is 9.80 Å². The molecule has 9 heteroatoms. The zero-order valence-electron chi connectivity index (χ0n) is 30.4. The van der Waals surface area contributed by atoms with Gasteiger partial charge in [0.1, 0.15) is 23.0 Å². The fourth-order valence-corrected chi connectivity index (χ4v) is 11.6. The van der Waals surface area contributed by atoms with Crippen molar-refractivity contribution in [1.82, 2.24) is 0 Å². The van der Waals surface area contributed by atoms with Gasteiger partial charge in [0.05, 0.1) is 22.7 Å². The van der Waals surface area contributed by atoms with E-state index in [0.717, 1.165) is 68.7 Å². The van der Waals surface area contributed by atoms with Crippen LogP contribution >= 0.6 is 0 Å². The lowest BCUT2D eigenvalue weighted by atomic mass is 9.26. The van der Waals surface area contributed by atoms with Gasteiger partial charge in [0.15, 0.2) is 23.0 Å². The van der Waals surface area contributed by atoms with E-state index in [2.05, 4.69) is 128 Å². The molecule has 7 aromatic carbocycles. The number of anilines is 6. The van der Waals surface area contributed by atoms with Crippen LogP contribution in [0.15, 0.2) is 91.0 Å². The Balaban J connectivity index is 1.17. The maximum atomic E-state index is 6.98. The van der Waals surface area contributed by atoms with Crippen molar-refractivity contribution in [2.45, 2.75) is 27.7 Å². The van der Waals surface area contributed by atoms with Gasteiger partial charge in [-0.05, 0) is 137 Å². The van der Waals surface area contributed by atoms with Crippen LogP contribution in [-0.2, 0) is 0 Å². The van der Waals surface area contributed by atoms with Gasteiger partial charge >= 0.3 is 0 Å². The molecule has 7 aromatic rings. The van der Waals surface area contributed by atoms with Gasteiger partial charge in [-0.25, -0.2) is 0 Å². The molecule has 55 heavy (non-hydrogen) atoms. The van der Waals surface area contributed by atoms with Crippen LogP contribution in [0.3, 0.4) is 0 Å². The van der Waals surface area contributed by atoms with Crippen molar-refractivity contribution < 1.29 is 18.9 Å². The van der Waals surface area contributed by atoms with Gasteiger partial charge in [0.2, 0.25) is 0 Å². The Bertz CT molecular complexity index is 2950. The Hall–Kier alpha value is -6.47. The molecule has 0 amide bonds. The Kier molecular flexibility index (Phi) is 4.46. The lowest BCUT2D eigenvalue weighted by Crippen LogP contribution is -2.72. The first-order chi connectivity index (χ1) is 26.9. The smallest absolute Gasteiger partial charge is 0.256 e. The number of rotatable bonds is 0. The molecule has 8 aliphatic heterocycles. The van der Waals surface area contributed by atoms with Gasteiger partial charge in [0.25, 0.3) is 20.1 Å². The number of fused-ring (bicyclic) bond motifs is 8. The molecule has 254 valence electrons. The molecule has 8 heterocycles. The molecular formula is C46H27B3N2O4. The van der Waals surface area contributed by atoms with Gasteiger partial charge in [-0.1, -0.05) is 42.5 Å². The lowest BCUT2D eigenvalue weighted by molar-refractivity contribution is 0.467. The summed E-state index contributed by atoms with van der Waals surface area (Å²) in [6, 6.07) is 33.7. The molecule has 0 radical (unpaired) electrons. The molecule has 0 aromatic heterocycles. The molecule has 0 atom stereocenters. The van der Waals surface area contributed by atoms with Crippen LogP contribution in [0.4, 0.5) is 34.1 Å². The first-order valence-electron chi connectivity index (χ1n) is 19.3. The van der Waals surface area contributed by atoms with Crippen LogP contribution < -0.4 is 77.9 Å². The van der Waals surface area contributed by atoms with E-state index in [1.165, 1.54) is 82.8 Å². The third kappa shape index (κ3) is 2.99. The first-order valence-corrected chi connectivity index (χ1v) is 19.3. The van der Waals surface area contributed by atoms with Crippen molar-refractivity contribution in [3.63, 3.8) is 0 Å². The number of aryl methyl sites for hydroxylation is 4. The molecule has 0 saturated carbocycles. The maximum absolute atomic E-state index is 6.98. The summed E-state index contributed by atoms with van der Waals surface area (Å²) in [6.07, 6.45) is 0. The normalized spacial score (nSPS) is 15.7. The van der Waals surface area contributed by atoms with Crippen LogP contribution in [0.1, 0.15) is 22.3 Å². The topological polar surface area (TPSA) is 43.4 Å². The minimum absolute atomic E-state index is 0.0436. The number of ether oxygens (including phenoxy) is 4.